The average molecular weight is 349 g/mol. The van der Waals surface area contributed by atoms with Gasteiger partial charge in [-0.1, -0.05) is 18.2 Å². The molecule has 126 valence electrons. The fourth-order valence-corrected chi connectivity index (χ4v) is 2.55. The summed E-state index contributed by atoms with van der Waals surface area (Å²) in [4.78, 5) is 24.7. The maximum atomic E-state index is 13.0. The summed E-state index contributed by atoms with van der Waals surface area (Å²) in [7, 11) is -3.19. The first kappa shape index (κ1) is 17.8. The second-order valence-corrected chi connectivity index (χ2v) is 7.53. The summed E-state index contributed by atoms with van der Waals surface area (Å²) < 4.78 is 35.2. The van der Waals surface area contributed by atoms with Crippen LogP contribution in [-0.2, 0) is 9.84 Å². The molecular formula is C17H16FNO4S. The van der Waals surface area contributed by atoms with E-state index in [1.54, 1.807) is 12.1 Å². The molecule has 2 rings (SSSR count). The van der Waals surface area contributed by atoms with Crippen LogP contribution in [0, 0.1) is 5.82 Å². The minimum Gasteiger partial charge on any atom is -0.351 e. The molecule has 24 heavy (non-hydrogen) atoms. The number of sulfone groups is 1. The van der Waals surface area contributed by atoms with Gasteiger partial charge in [0.05, 0.1) is 11.3 Å². The van der Waals surface area contributed by atoms with Gasteiger partial charge >= 0.3 is 0 Å². The van der Waals surface area contributed by atoms with E-state index in [0.29, 0.717) is 0 Å². The average Bonchev–Trinajstić information content (AvgIpc) is 2.53. The van der Waals surface area contributed by atoms with E-state index in [0.717, 1.165) is 6.26 Å². The highest BCUT2D eigenvalue weighted by atomic mass is 32.2. The van der Waals surface area contributed by atoms with E-state index in [2.05, 4.69) is 5.32 Å². The van der Waals surface area contributed by atoms with Crippen LogP contribution < -0.4 is 5.32 Å². The van der Waals surface area contributed by atoms with E-state index in [4.69, 9.17) is 0 Å². The minimum atomic E-state index is -3.19. The number of halogens is 1. The molecule has 2 aromatic rings. The van der Waals surface area contributed by atoms with Gasteiger partial charge in [-0.25, -0.2) is 12.8 Å². The van der Waals surface area contributed by atoms with Crippen LogP contribution in [0.25, 0.3) is 0 Å². The van der Waals surface area contributed by atoms with Crippen LogP contribution in [0.2, 0.25) is 0 Å². The Morgan fingerprint density at radius 2 is 1.58 bits per heavy atom. The third-order valence-corrected chi connectivity index (χ3v) is 4.23. The molecule has 0 bridgehead atoms. The van der Waals surface area contributed by atoms with Crippen molar-refractivity contribution in [3.05, 3.63) is 71.0 Å². The minimum absolute atomic E-state index is 0.0449. The molecule has 0 atom stereocenters. The fourth-order valence-electron chi connectivity index (χ4n) is 2.08. The van der Waals surface area contributed by atoms with Gasteiger partial charge in [-0.15, -0.1) is 0 Å². The van der Waals surface area contributed by atoms with E-state index < -0.39 is 27.3 Å². The third-order valence-electron chi connectivity index (χ3n) is 3.28. The maximum absolute atomic E-state index is 13.0. The molecule has 0 radical (unpaired) electrons. The summed E-state index contributed by atoms with van der Waals surface area (Å²) in [5.74, 6) is -1.60. The molecule has 1 N–H and O–H groups in total. The fraction of sp³-hybridized carbons (Fsp3) is 0.176. The SMILES string of the molecule is CS(=O)(=O)CCNC(=O)c1ccccc1C(=O)c1ccc(F)cc1. The Balaban J connectivity index is 2.22. The zero-order valence-electron chi connectivity index (χ0n) is 13.0. The molecular weight excluding hydrogens is 333 g/mol. The Morgan fingerprint density at radius 3 is 2.17 bits per heavy atom. The van der Waals surface area contributed by atoms with Gasteiger partial charge in [0.25, 0.3) is 5.91 Å². The van der Waals surface area contributed by atoms with Gasteiger partial charge in [-0.2, -0.15) is 0 Å². The normalized spacial score (nSPS) is 11.1. The number of hydrogen-bond acceptors (Lipinski definition) is 4. The highest BCUT2D eigenvalue weighted by Gasteiger charge is 2.18. The van der Waals surface area contributed by atoms with Crippen molar-refractivity contribution in [3.63, 3.8) is 0 Å². The molecule has 0 fully saturated rings. The molecule has 0 unspecified atom stereocenters. The second-order valence-electron chi connectivity index (χ2n) is 5.27. The lowest BCUT2D eigenvalue weighted by molar-refractivity contribution is 0.0944. The summed E-state index contributed by atoms with van der Waals surface area (Å²) in [6.07, 6.45) is 1.07. The molecule has 0 saturated carbocycles. The summed E-state index contributed by atoms with van der Waals surface area (Å²) in [5.41, 5.74) is 0.564. The Kier molecular flexibility index (Phi) is 5.46. The summed E-state index contributed by atoms with van der Waals surface area (Å²) in [5, 5.41) is 2.48. The van der Waals surface area contributed by atoms with Crippen molar-refractivity contribution in [1.82, 2.24) is 5.32 Å². The van der Waals surface area contributed by atoms with Crippen LogP contribution in [0.3, 0.4) is 0 Å². The van der Waals surface area contributed by atoms with Gasteiger partial charge < -0.3 is 5.32 Å². The third kappa shape index (κ3) is 4.73. The Bertz CT molecular complexity index is 860. The van der Waals surface area contributed by atoms with Crippen LogP contribution in [0.5, 0.6) is 0 Å². The largest absolute Gasteiger partial charge is 0.351 e. The topological polar surface area (TPSA) is 80.3 Å². The van der Waals surface area contributed by atoms with Crippen molar-refractivity contribution in [2.24, 2.45) is 0 Å². The maximum Gasteiger partial charge on any atom is 0.252 e. The molecule has 0 saturated heterocycles. The molecule has 0 aliphatic rings. The Hall–Kier alpha value is -2.54. The number of amides is 1. The number of carbonyl (C=O) groups excluding carboxylic acids is 2. The Morgan fingerprint density at radius 1 is 1.00 bits per heavy atom. The molecule has 2 aromatic carbocycles. The zero-order valence-corrected chi connectivity index (χ0v) is 13.8. The summed E-state index contributed by atoms with van der Waals surface area (Å²) >= 11 is 0. The standard InChI is InChI=1S/C17H16FNO4S/c1-24(22,23)11-10-19-17(21)15-5-3-2-4-14(15)16(20)12-6-8-13(18)9-7-12/h2-9H,10-11H2,1H3,(H,19,21). The molecule has 7 heteroatoms. The molecule has 1 amide bonds. The quantitative estimate of drug-likeness (QED) is 0.807. The zero-order chi connectivity index (χ0) is 17.7. The van der Waals surface area contributed by atoms with Crippen molar-refractivity contribution >= 4 is 21.5 Å². The van der Waals surface area contributed by atoms with Crippen molar-refractivity contribution in [3.8, 4) is 0 Å². The lowest BCUT2D eigenvalue weighted by Gasteiger charge is -2.09. The number of benzene rings is 2. The molecule has 0 aromatic heterocycles. The van der Waals surface area contributed by atoms with Crippen LogP contribution in [0.1, 0.15) is 26.3 Å². The van der Waals surface area contributed by atoms with Gasteiger partial charge in [0.15, 0.2) is 5.78 Å². The molecule has 0 spiro atoms. The van der Waals surface area contributed by atoms with Crippen molar-refractivity contribution in [2.45, 2.75) is 0 Å². The molecule has 5 nitrogen and oxygen atoms in total. The number of carbonyl (C=O) groups is 2. The van der Waals surface area contributed by atoms with Crippen molar-refractivity contribution < 1.29 is 22.4 Å². The number of nitrogens with one attached hydrogen (secondary N) is 1. The van der Waals surface area contributed by atoms with Crippen LogP contribution >= 0.6 is 0 Å². The first-order chi connectivity index (χ1) is 11.3. The smallest absolute Gasteiger partial charge is 0.252 e. The molecule has 0 aliphatic carbocycles. The number of rotatable bonds is 6. The predicted octanol–water partition coefficient (Wildman–Crippen LogP) is 1.83. The van der Waals surface area contributed by atoms with E-state index in [1.807, 2.05) is 0 Å². The first-order valence-corrected chi connectivity index (χ1v) is 9.19. The number of ketones is 1. The van der Waals surface area contributed by atoms with Crippen LogP contribution in [-0.4, -0.2) is 38.7 Å². The Labute approximate surface area is 139 Å². The van der Waals surface area contributed by atoms with Gasteiger partial charge in [0.1, 0.15) is 15.7 Å². The first-order valence-electron chi connectivity index (χ1n) is 7.13. The van der Waals surface area contributed by atoms with Crippen LogP contribution in [0.15, 0.2) is 48.5 Å². The number of hydrogen-bond donors (Lipinski definition) is 1. The van der Waals surface area contributed by atoms with E-state index in [1.165, 1.54) is 36.4 Å². The lowest BCUT2D eigenvalue weighted by atomic mass is 9.98. The summed E-state index contributed by atoms with van der Waals surface area (Å²) in [6.45, 7) is -0.0449. The van der Waals surface area contributed by atoms with Gasteiger partial charge in [-0.05, 0) is 30.3 Å². The van der Waals surface area contributed by atoms with E-state index in [9.17, 15) is 22.4 Å². The summed E-state index contributed by atoms with van der Waals surface area (Å²) in [6, 6.07) is 11.2. The predicted molar refractivity (Wildman–Crippen MR) is 88.3 cm³/mol. The van der Waals surface area contributed by atoms with Crippen molar-refractivity contribution in [2.75, 3.05) is 18.6 Å². The molecule has 0 heterocycles. The monoisotopic (exact) mass is 349 g/mol. The van der Waals surface area contributed by atoms with E-state index in [-0.39, 0.29) is 29.0 Å². The second kappa shape index (κ2) is 7.35. The van der Waals surface area contributed by atoms with E-state index >= 15 is 0 Å². The lowest BCUT2D eigenvalue weighted by Crippen LogP contribution is -2.30. The van der Waals surface area contributed by atoms with Crippen molar-refractivity contribution in [1.29, 1.82) is 0 Å². The molecule has 0 aliphatic heterocycles. The highest BCUT2D eigenvalue weighted by molar-refractivity contribution is 7.90. The van der Waals surface area contributed by atoms with Gasteiger partial charge in [-0.3, -0.25) is 9.59 Å². The van der Waals surface area contributed by atoms with Crippen LogP contribution in [0.4, 0.5) is 4.39 Å². The van der Waals surface area contributed by atoms with Gasteiger partial charge in [0.2, 0.25) is 0 Å². The highest BCUT2D eigenvalue weighted by Crippen LogP contribution is 2.15. The van der Waals surface area contributed by atoms with Gasteiger partial charge in [0, 0.05) is 23.9 Å².